The highest BCUT2D eigenvalue weighted by Gasteiger charge is 2.19. The van der Waals surface area contributed by atoms with E-state index in [0.717, 1.165) is 32.5 Å². The molecule has 0 saturated carbocycles. The molecule has 3 N–H and O–H groups in total. The molecule has 0 bridgehead atoms. The average Bonchev–Trinajstić information content (AvgIpc) is 2.27. The van der Waals surface area contributed by atoms with Gasteiger partial charge >= 0.3 is 6.03 Å². The van der Waals surface area contributed by atoms with Crippen molar-refractivity contribution in [3.05, 3.63) is 0 Å². The minimum Gasteiger partial charge on any atom is -0.396 e. The number of piperidine rings is 1. The van der Waals surface area contributed by atoms with Crippen molar-refractivity contribution < 1.29 is 9.90 Å². The maximum atomic E-state index is 11.5. The van der Waals surface area contributed by atoms with Gasteiger partial charge < -0.3 is 20.6 Å². The zero-order valence-corrected chi connectivity index (χ0v) is 11.8. The number of likely N-dealkylation sites (tertiary alicyclic amines) is 1. The van der Waals surface area contributed by atoms with E-state index in [-0.39, 0.29) is 18.2 Å². The molecule has 1 saturated heterocycles. The molecular weight excluding hydrogens is 230 g/mol. The minimum absolute atomic E-state index is 0.113. The van der Waals surface area contributed by atoms with E-state index in [1.54, 1.807) is 0 Å². The summed E-state index contributed by atoms with van der Waals surface area (Å²) in [6.07, 6.45) is 2.25. The maximum absolute atomic E-state index is 11.5. The SMILES string of the molecule is CC(C)(C)NC(=O)NCCN1CCCC(CO)C1. The van der Waals surface area contributed by atoms with Crippen molar-refractivity contribution in [2.45, 2.75) is 39.2 Å². The maximum Gasteiger partial charge on any atom is 0.315 e. The molecule has 0 spiro atoms. The number of nitrogens with one attached hydrogen (secondary N) is 2. The summed E-state index contributed by atoms with van der Waals surface area (Å²) in [7, 11) is 0. The number of nitrogens with zero attached hydrogens (tertiary/aromatic N) is 1. The number of rotatable bonds is 4. The molecule has 1 unspecified atom stereocenters. The van der Waals surface area contributed by atoms with Gasteiger partial charge in [0, 0.05) is 31.8 Å². The van der Waals surface area contributed by atoms with Gasteiger partial charge in [-0.2, -0.15) is 0 Å². The monoisotopic (exact) mass is 257 g/mol. The molecule has 18 heavy (non-hydrogen) atoms. The quantitative estimate of drug-likeness (QED) is 0.697. The van der Waals surface area contributed by atoms with Crippen molar-refractivity contribution in [3.8, 4) is 0 Å². The lowest BCUT2D eigenvalue weighted by molar-refractivity contribution is 0.121. The average molecular weight is 257 g/mol. The Bertz CT molecular complexity index is 263. The van der Waals surface area contributed by atoms with Crippen LogP contribution in [0.4, 0.5) is 4.79 Å². The second-order valence-corrected chi connectivity index (χ2v) is 6.12. The van der Waals surface area contributed by atoms with Crippen LogP contribution in [0.3, 0.4) is 0 Å². The highest BCUT2D eigenvalue weighted by atomic mass is 16.3. The Balaban J connectivity index is 2.15. The molecule has 0 aromatic rings. The van der Waals surface area contributed by atoms with Crippen LogP contribution in [0.15, 0.2) is 0 Å². The smallest absolute Gasteiger partial charge is 0.315 e. The summed E-state index contributed by atoms with van der Waals surface area (Å²) in [5.74, 6) is 0.405. The van der Waals surface area contributed by atoms with Crippen LogP contribution in [0.2, 0.25) is 0 Å². The Morgan fingerprint density at radius 1 is 1.44 bits per heavy atom. The first-order chi connectivity index (χ1) is 8.40. The van der Waals surface area contributed by atoms with Gasteiger partial charge in [0.25, 0.3) is 0 Å². The molecule has 0 radical (unpaired) electrons. The molecule has 1 rings (SSSR count). The van der Waals surface area contributed by atoms with E-state index in [9.17, 15) is 4.79 Å². The normalized spacial score (nSPS) is 21.7. The van der Waals surface area contributed by atoms with Crippen molar-refractivity contribution in [1.29, 1.82) is 0 Å². The second kappa shape index (κ2) is 6.95. The van der Waals surface area contributed by atoms with Crippen LogP contribution in [0.1, 0.15) is 33.6 Å². The molecular formula is C13H27N3O2. The topological polar surface area (TPSA) is 64.6 Å². The molecule has 0 aromatic carbocycles. The van der Waals surface area contributed by atoms with E-state index < -0.39 is 0 Å². The summed E-state index contributed by atoms with van der Waals surface area (Å²) in [4.78, 5) is 13.8. The molecule has 5 heteroatoms. The summed E-state index contributed by atoms with van der Waals surface area (Å²) in [5.41, 5.74) is -0.197. The highest BCUT2D eigenvalue weighted by molar-refractivity contribution is 5.74. The lowest BCUT2D eigenvalue weighted by atomic mass is 9.99. The third-order valence-corrected chi connectivity index (χ3v) is 3.06. The molecule has 106 valence electrons. The number of carbonyl (C=O) groups excluding carboxylic acids is 1. The van der Waals surface area contributed by atoms with E-state index in [2.05, 4.69) is 15.5 Å². The Morgan fingerprint density at radius 3 is 2.78 bits per heavy atom. The third-order valence-electron chi connectivity index (χ3n) is 3.06. The van der Waals surface area contributed by atoms with Gasteiger partial charge in [0.2, 0.25) is 0 Å². The number of hydrogen-bond donors (Lipinski definition) is 3. The van der Waals surface area contributed by atoms with Gasteiger partial charge in [-0.05, 0) is 46.1 Å². The van der Waals surface area contributed by atoms with Crippen LogP contribution < -0.4 is 10.6 Å². The first kappa shape index (κ1) is 15.2. The van der Waals surface area contributed by atoms with E-state index in [0.29, 0.717) is 12.5 Å². The molecule has 2 amide bonds. The van der Waals surface area contributed by atoms with Crippen molar-refractivity contribution in [2.75, 3.05) is 32.8 Å². The first-order valence-corrected chi connectivity index (χ1v) is 6.80. The Kier molecular flexibility index (Phi) is 5.88. The van der Waals surface area contributed by atoms with Crippen molar-refractivity contribution in [1.82, 2.24) is 15.5 Å². The number of aliphatic hydroxyl groups excluding tert-OH is 1. The summed E-state index contributed by atoms with van der Waals surface area (Å²) >= 11 is 0. The lowest BCUT2D eigenvalue weighted by Crippen LogP contribution is -2.48. The minimum atomic E-state index is -0.197. The highest BCUT2D eigenvalue weighted by Crippen LogP contribution is 2.14. The first-order valence-electron chi connectivity index (χ1n) is 6.80. The summed E-state index contributed by atoms with van der Waals surface area (Å²) in [6.45, 7) is 9.68. The fourth-order valence-electron chi connectivity index (χ4n) is 2.22. The van der Waals surface area contributed by atoms with Crippen LogP contribution in [-0.4, -0.2) is 54.4 Å². The van der Waals surface area contributed by atoms with Crippen molar-refractivity contribution >= 4 is 6.03 Å². The van der Waals surface area contributed by atoms with Crippen LogP contribution in [-0.2, 0) is 0 Å². The van der Waals surface area contributed by atoms with E-state index >= 15 is 0 Å². The molecule has 1 heterocycles. The Labute approximate surface area is 110 Å². The lowest BCUT2D eigenvalue weighted by Gasteiger charge is -2.31. The Morgan fingerprint density at radius 2 is 2.17 bits per heavy atom. The number of hydrogen-bond acceptors (Lipinski definition) is 3. The fourth-order valence-corrected chi connectivity index (χ4v) is 2.22. The van der Waals surface area contributed by atoms with Crippen LogP contribution in [0, 0.1) is 5.92 Å². The summed E-state index contributed by atoms with van der Waals surface area (Å²) < 4.78 is 0. The van der Waals surface area contributed by atoms with Gasteiger partial charge in [0.05, 0.1) is 0 Å². The summed E-state index contributed by atoms with van der Waals surface area (Å²) in [6, 6.07) is -0.113. The molecule has 1 aliphatic heterocycles. The van der Waals surface area contributed by atoms with Gasteiger partial charge in [-0.15, -0.1) is 0 Å². The molecule has 1 fully saturated rings. The van der Waals surface area contributed by atoms with Crippen LogP contribution >= 0.6 is 0 Å². The number of carbonyl (C=O) groups is 1. The predicted molar refractivity (Wildman–Crippen MR) is 72.5 cm³/mol. The molecule has 1 atom stereocenters. The van der Waals surface area contributed by atoms with Gasteiger partial charge in [0.1, 0.15) is 0 Å². The molecule has 1 aliphatic rings. The Hall–Kier alpha value is -0.810. The van der Waals surface area contributed by atoms with E-state index in [1.165, 1.54) is 0 Å². The van der Waals surface area contributed by atoms with Gasteiger partial charge in [0.15, 0.2) is 0 Å². The van der Waals surface area contributed by atoms with Crippen molar-refractivity contribution in [2.24, 2.45) is 5.92 Å². The number of amides is 2. The van der Waals surface area contributed by atoms with E-state index in [4.69, 9.17) is 5.11 Å². The van der Waals surface area contributed by atoms with Gasteiger partial charge in [-0.25, -0.2) is 4.79 Å². The zero-order valence-electron chi connectivity index (χ0n) is 11.8. The standard InChI is InChI=1S/C13H27N3O2/c1-13(2,3)15-12(18)14-6-8-16-7-4-5-11(9-16)10-17/h11,17H,4-10H2,1-3H3,(H2,14,15,18). The number of urea groups is 1. The van der Waals surface area contributed by atoms with Crippen LogP contribution in [0.5, 0.6) is 0 Å². The molecule has 0 aromatic heterocycles. The zero-order chi connectivity index (χ0) is 13.6. The number of aliphatic hydroxyl groups is 1. The fraction of sp³-hybridized carbons (Fsp3) is 0.923. The van der Waals surface area contributed by atoms with Crippen LogP contribution in [0.25, 0.3) is 0 Å². The van der Waals surface area contributed by atoms with E-state index in [1.807, 2.05) is 20.8 Å². The second-order valence-electron chi connectivity index (χ2n) is 6.12. The molecule has 0 aliphatic carbocycles. The largest absolute Gasteiger partial charge is 0.396 e. The third kappa shape index (κ3) is 6.21. The summed E-state index contributed by atoms with van der Waals surface area (Å²) in [5, 5.41) is 14.9. The molecule has 5 nitrogen and oxygen atoms in total. The van der Waals surface area contributed by atoms with Gasteiger partial charge in [-0.1, -0.05) is 0 Å². The predicted octanol–water partition coefficient (Wildman–Crippen LogP) is 0.788. The van der Waals surface area contributed by atoms with Gasteiger partial charge in [-0.3, -0.25) is 0 Å². The van der Waals surface area contributed by atoms with Crippen molar-refractivity contribution in [3.63, 3.8) is 0 Å².